The van der Waals surface area contributed by atoms with E-state index in [4.69, 9.17) is 4.74 Å². The molecule has 0 N–H and O–H groups in total. The summed E-state index contributed by atoms with van der Waals surface area (Å²) in [5.74, 6) is 1.95. The largest absolute Gasteiger partial charge is 0.496 e. The molecule has 6 nitrogen and oxygen atoms in total. The van der Waals surface area contributed by atoms with Crippen molar-refractivity contribution in [2.75, 3.05) is 26.7 Å². The summed E-state index contributed by atoms with van der Waals surface area (Å²) >= 11 is 0. The van der Waals surface area contributed by atoms with E-state index in [2.05, 4.69) is 20.5 Å². The van der Waals surface area contributed by atoms with Gasteiger partial charge in [0.25, 0.3) is 0 Å². The first kappa shape index (κ1) is 16.1. The molecule has 0 radical (unpaired) electrons. The first-order valence-electron chi connectivity index (χ1n) is 8.91. The Morgan fingerprint density at radius 3 is 2.88 bits per heavy atom. The molecular formula is C19H24N4O2. The smallest absolute Gasteiger partial charge is 0.237 e. The molecular weight excluding hydrogens is 316 g/mol. The minimum atomic E-state index is -0.0343. The summed E-state index contributed by atoms with van der Waals surface area (Å²) in [4.78, 5) is 21.7. The van der Waals surface area contributed by atoms with Gasteiger partial charge < -0.3 is 14.2 Å². The van der Waals surface area contributed by atoms with E-state index in [1.807, 2.05) is 35.5 Å². The first-order valence-corrected chi connectivity index (χ1v) is 8.91. The molecule has 0 saturated carbocycles. The highest BCUT2D eigenvalue weighted by molar-refractivity contribution is 5.79. The molecule has 1 aromatic carbocycles. The molecule has 25 heavy (non-hydrogen) atoms. The number of para-hydroxylation sites is 1. The maximum absolute atomic E-state index is 13.1. The van der Waals surface area contributed by atoms with Crippen molar-refractivity contribution in [1.82, 2.24) is 19.4 Å². The van der Waals surface area contributed by atoms with Crippen molar-refractivity contribution in [2.45, 2.75) is 32.0 Å². The molecule has 4 rings (SSSR count). The van der Waals surface area contributed by atoms with Crippen LogP contribution in [-0.4, -0.2) is 52.0 Å². The second-order valence-electron chi connectivity index (χ2n) is 6.76. The molecule has 6 heteroatoms. The number of carbonyl (C=O) groups excluding carboxylic acids is 1. The number of ether oxygens (including phenoxy) is 1. The summed E-state index contributed by atoms with van der Waals surface area (Å²) in [6.45, 7) is 3.79. The second-order valence-corrected chi connectivity index (χ2v) is 6.76. The lowest BCUT2D eigenvalue weighted by molar-refractivity contribution is -0.136. The third kappa shape index (κ3) is 3.14. The monoisotopic (exact) mass is 340 g/mol. The SMILES string of the molecule is COc1ccccc1C1Cn2ccnc2CN1C(=O)CN1CCCC1. The van der Waals surface area contributed by atoms with Crippen LogP contribution in [0.25, 0.3) is 0 Å². The number of amides is 1. The number of fused-ring (bicyclic) bond motifs is 1. The molecule has 132 valence electrons. The van der Waals surface area contributed by atoms with Gasteiger partial charge in [0.2, 0.25) is 5.91 Å². The second kappa shape index (κ2) is 6.88. The van der Waals surface area contributed by atoms with E-state index in [1.165, 1.54) is 12.8 Å². The Kier molecular flexibility index (Phi) is 4.44. The lowest BCUT2D eigenvalue weighted by Crippen LogP contribution is -2.45. The van der Waals surface area contributed by atoms with Gasteiger partial charge in [0, 0.05) is 24.5 Å². The standard InChI is InChI=1S/C19H24N4O2/c1-25-17-7-3-2-6-15(17)16-12-22-11-8-20-18(22)13-23(16)19(24)14-21-9-4-5-10-21/h2-3,6-8,11,16H,4-5,9-10,12-14H2,1H3. The lowest BCUT2D eigenvalue weighted by atomic mass is 10.0. The number of nitrogens with zero attached hydrogens (tertiary/aromatic N) is 4. The van der Waals surface area contributed by atoms with Crippen LogP contribution in [0.5, 0.6) is 5.75 Å². The average molecular weight is 340 g/mol. The molecule has 2 aromatic rings. The molecule has 3 heterocycles. The van der Waals surface area contributed by atoms with Crippen LogP contribution in [-0.2, 0) is 17.9 Å². The van der Waals surface area contributed by atoms with Crippen LogP contribution in [0.4, 0.5) is 0 Å². The van der Waals surface area contributed by atoms with Crippen LogP contribution < -0.4 is 4.74 Å². The number of benzene rings is 1. The van der Waals surface area contributed by atoms with Gasteiger partial charge in [0.15, 0.2) is 0 Å². The van der Waals surface area contributed by atoms with Crippen molar-refractivity contribution in [3.8, 4) is 5.75 Å². The fourth-order valence-electron chi connectivity index (χ4n) is 3.90. The van der Waals surface area contributed by atoms with Crippen molar-refractivity contribution in [3.05, 3.63) is 48.0 Å². The van der Waals surface area contributed by atoms with Gasteiger partial charge in [0.1, 0.15) is 11.6 Å². The van der Waals surface area contributed by atoms with Crippen molar-refractivity contribution < 1.29 is 9.53 Å². The van der Waals surface area contributed by atoms with Crippen molar-refractivity contribution in [3.63, 3.8) is 0 Å². The Bertz CT molecular complexity index is 751. The van der Waals surface area contributed by atoms with Crippen LogP contribution in [0.1, 0.15) is 30.3 Å². The maximum Gasteiger partial charge on any atom is 0.237 e. The van der Waals surface area contributed by atoms with Crippen LogP contribution in [0, 0.1) is 0 Å². The summed E-state index contributed by atoms with van der Waals surface area (Å²) in [6.07, 6.45) is 6.17. The predicted octanol–water partition coefficient (Wildman–Crippen LogP) is 2.07. The van der Waals surface area contributed by atoms with Crippen LogP contribution in [0.15, 0.2) is 36.7 Å². The third-order valence-electron chi connectivity index (χ3n) is 5.24. The van der Waals surface area contributed by atoms with Crippen molar-refractivity contribution in [1.29, 1.82) is 0 Å². The molecule has 1 fully saturated rings. The predicted molar refractivity (Wildman–Crippen MR) is 94.2 cm³/mol. The average Bonchev–Trinajstić information content (AvgIpc) is 3.31. The van der Waals surface area contributed by atoms with Crippen LogP contribution in [0.2, 0.25) is 0 Å². The highest BCUT2D eigenvalue weighted by atomic mass is 16.5. The summed E-state index contributed by atoms with van der Waals surface area (Å²) in [5, 5.41) is 0. The van der Waals surface area contributed by atoms with Gasteiger partial charge in [-0.15, -0.1) is 0 Å². The number of hydrogen-bond donors (Lipinski definition) is 0. The van der Waals surface area contributed by atoms with E-state index in [-0.39, 0.29) is 11.9 Å². The fourth-order valence-corrected chi connectivity index (χ4v) is 3.90. The van der Waals surface area contributed by atoms with Crippen LogP contribution in [0.3, 0.4) is 0 Å². The van der Waals surface area contributed by atoms with E-state index < -0.39 is 0 Å². The minimum absolute atomic E-state index is 0.0343. The van der Waals surface area contributed by atoms with Gasteiger partial charge >= 0.3 is 0 Å². The van der Waals surface area contributed by atoms with E-state index >= 15 is 0 Å². The van der Waals surface area contributed by atoms with E-state index in [0.29, 0.717) is 19.6 Å². The quantitative estimate of drug-likeness (QED) is 0.855. The number of imidazole rings is 1. The van der Waals surface area contributed by atoms with E-state index in [0.717, 1.165) is 30.2 Å². The van der Waals surface area contributed by atoms with E-state index in [9.17, 15) is 4.79 Å². The number of methoxy groups -OCH3 is 1. The molecule has 2 aliphatic rings. The molecule has 1 amide bonds. The minimum Gasteiger partial charge on any atom is -0.496 e. The van der Waals surface area contributed by atoms with Gasteiger partial charge in [-0.1, -0.05) is 18.2 Å². The summed E-state index contributed by atoms with van der Waals surface area (Å²) in [6, 6.07) is 7.95. The molecule has 1 saturated heterocycles. The molecule has 0 aliphatic carbocycles. The van der Waals surface area contributed by atoms with Gasteiger partial charge in [-0.05, 0) is 32.0 Å². The van der Waals surface area contributed by atoms with Crippen molar-refractivity contribution >= 4 is 5.91 Å². The molecule has 1 aromatic heterocycles. The zero-order chi connectivity index (χ0) is 17.2. The summed E-state index contributed by atoms with van der Waals surface area (Å²) in [5.41, 5.74) is 1.05. The fraction of sp³-hybridized carbons (Fsp3) is 0.474. The summed E-state index contributed by atoms with van der Waals surface area (Å²) < 4.78 is 7.69. The zero-order valence-corrected chi connectivity index (χ0v) is 14.6. The number of carbonyl (C=O) groups is 1. The Balaban J connectivity index is 1.64. The normalized spacial score (nSPS) is 20.5. The van der Waals surface area contributed by atoms with Crippen LogP contribution >= 0.6 is 0 Å². The highest BCUT2D eigenvalue weighted by Gasteiger charge is 2.33. The highest BCUT2D eigenvalue weighted by Crippen LogP contribution is 2.34. The van der Waals surface area contributed by atoms with E-state index in [1.54, 1.807) is 7.11 Å². The number of likely N-dealkylation sites (tertiary alicyclic amines) is 1. The number of aromatic nitrogens is 2. The Morgan fingerprint density at radius 1 is 1.28 bits per heavy atom. The summed E-state index contributed by atoms with van der Waals surface area (Å²) in [7, 11) is 1.68. The number of rotatable bonds is 4. The number of hydrogen-bond acceptors (Lipinski definition) is 4. The van der Waals surface area contributed by atoms with Crippen molar-refractivity contribution in [2.24, 2.45) is 0 Å². The first-order chi connectivity index (χ1) is 12.3. The van der Waals surface area contributed by atoms with Gasteiger partial charge in [0.05, 0.1) is 26.2 Å². The molecule has 0 spiro atoms. The molecule has 2 aliphatic heterocycles. The Morgan fingerprint density at radius 2 is 2.08 bits per heavy atom. The van der Waals surface area contributed by atoms with Gasteiger partial charge in [-0.3, -0.25) is 9.69 Å². The van der Waals surface area contributed by atoms with Gasteiger partial charge in [-0.25, -0.2) is 4.98 Å². The molecule has 1 atom stereocenters. The zero-order valence-electron chi connectivity index (χ0n) is 14.6. The third-order valence-corrected chi connectivity index (χ3v) is 5.24. The topological polar surface area (TPSA) is 50.6 Å². The molecule has 1 unspecified atom stereocenters. The maximum atomic E-state index is 13.1. The van der Waals surface area contributed by atoms with Gasteiger partial charge in [-0.2, -0.15) is 0 Å². The lowest BCUT2D eigenvalue weighted by Gasteiger charge is -2.37. The molecule has 0 bridgehead atoms. The Hall–Kier alpha value is -2.34. The Labute approximate surface area is 148 Å².